The Morgan fingerprint density at radius 1 is 1.42 bits per heavy atom. The number of amides is 1. The quantitative estimate of drug-likeness (QED) is 0.766. The summed E-state index contributed by atoms with van der Waals surface area (Å²) >= 11 is 0. The highest BCUT2D eigenvalue weighted by Crippen LogP contribution is 2.15. The third-order valence-electron chi connectivity index (χ3n) is 3.71. The molecule has 8 heteroatoms. The number of carbonyl (C=O) groups is 2. The lowest BCUT2D eigenvalue weighted by atomic mass is 9.99. The summed E-state index contributed by atoms with van der Waals surface area (Å²) in [5, 5.41) is 6.55. The number of esters is 1. The third-order valence-corrected chi connectivity index (χ3v) is 3.71. The van der Waals surface area contributed by atoms with Gasteiger partial charge < -0.3 is 14.6 Å². The van der Waals surface area contributed by atoms with Gasteiger partial charge in [0.15, 0.2) is 0 Å². The van der Waals surface area contributed by atoms with Crippen LogP contribution in [0.25, 0.3) is 11.4 Å². The van der Waals surface area contributed by atoms with Crippen LogP contribution < -0.4 is 5.32 Å². The predicted molar refractivity (Wildman–Crippen MR) is 84.7 cm³/mol. The van der Waals surface area contributed by atoms with Gasteiger partial charge in [-0.3, -0.25) is 9.78 Å². The average Bonchev–Trinajstić information content (AvgIpc) is 3.09. The fraction of sp³-hybridized carbons (Fsp3) is 0.438. The van der Waals surface area contributed by atoms with Crippen molar-refractivity contribution in [2.75, 3.05) is 7.11 Å². The van der Waals surface area contributed by atoms with E-state index >= 15 is 0 Å². The molecule has 1 amide bonds. The van der Waals surface area contributed by atoms with E-state index in [9.17, 15) is 9.59 Å². The number of ether oxygens (including phenoxy) is 1. The van der Waals surface area contributed by atoms with Crippen molar-refractivity contribution in [1.82, 2.24) is 20.4 Å². The van der Waals surface area contributed by atoms with Crippen LogP contribution >= 0.6 is 0 Å². The molecule has 0 aliphatic heterocycles. The Labute approximate surface area is 139 Å². The summed E-state index contributed by atoms with van der Waals surface area (Å²) in [5.74, 6) is 0.00706. The molecule has 2 aromatic heterocycles. The fourth-order valence-corrected chi connectivity index (χ4v) is 2.07. The standard InChI is InChI=1S/C16H20N4O4/c1-4-16(2,15(22)23-3)19-12(21)7-8-13-18-14(20-24-13)11-6-5-9-17-10-11/h5-6,9-10H,4,7-8H2,1-3H3,(H,19,21)/t16-/m0/s1. The lowest BCUT2D eigenvalue weighted by Gasteiger charge is -2.26. The summed E-state index contributed by atoms with van der Waals surface area (Å²) in [7, 11) is 1.29. The minimum absolute atomic E-state index is 0.126. The van der Waals surface area contributed by atoms with E-state index < -0.39 is 11.5 Å². The average molecular weight is 332 g/mol. The van der Waals surface area contributed by atoms with Crippen molar-refractivity contribution in [3.63, 3.8) is 0 Å². The zero-order valence-electron chi connectivity index (χ0n) is 13.9. The van der Waals surface area contributed by atoms with Crippen LogP contribution in [0.4, 0.5) is 0 Å². The van der Waals surface area contributed by atoms with Crippen LogP contribution in [-0.4, -0.2) is 39.6 Å². The van der Waals surface area contributed by atoms with Crippen LogP contribution in [0.2, 0.25) is 0 Å². The highest BCUT2D eigenvalue weighted by molar-refractivity contribution is 5.87. The van der Waals surface area contributed by atoms with Gasteiger partial charge in [0.2, 0.25) is 17.6 Å². The normalized spacial score (nSPS) is 13.1. The van der Waals surface area contributed by atoms with Gasteiger partial charge in [-0.1, -0.05) is 12.1 Å². The van der Waals surface area contributed by atoms with E-state index in [0.717, 1.165) is 5.56 Å². The zero-order chi connectivity index (χ0) is 17.6. The number of aromatic nitrogens is 3. The molecule has 1 atom stereocenters. The molecule has 0 spiro atoms. The van der Waals surface area contributed by atoms with Gasteiger partial charge in [0.25, 0.3) is 0 Å². The van der Waals surface area contributed by atoms with Crippen molar-refractivity contribution in [2.45, 2.75) is 38.6 Å². The summed E-state index contributed by atoms with van der Waals surface area (Å²) < 4.78 is 9.86. The van der Waals surface area contributed by atoms with Crippen molar-refractivity contribution in [3.8, 4) is 11.4 Å². The number of hydrogen-bond acceptors (Lipinski definition) is 7. The van der Waals surface area contributed by atoms with E-state index in [-0.39, 0.29) is 18.7 Å². The summed E-state index contributed by atoms with van der Waals surface area (Å²) in [6.07, 6.45) is 4.11. The van der Waals surface area contributed by atoms with Gasteiger partial charge in [-0.15, -0.1) is 0 Å². The van der Waals surface area contributed by atoms with Crippen LogP contribution in [0.5, 0.6) is 0 Å². The number of methoxy groups -OCH3 is 1. The number of aryl methyl sites for hydroxylation is 1. The Balaban J connectivity index is 1.93. The van der Waals surface area contributed by atoms with Gasteiger partial charge in [-0.05, 0) is 25.5 Å². The molecular formula is C16H20N4O4. The number of nitrogens with zero attached hydrogens (tertiary/aromatic N) is 3. The van der Waals surface area contributed by atoms with Crippen molar-refractivity contribution in [1.29, 1.82) is 0 Å². The lowest BCUT2D eigenvalue weighted by Crippen LogP contribution is -2.52. The minimum Gasteiger partial charge on any atom is -0.467 e. The maximum absolute atomic E-state index is 12.1. The van der Waals surface area contributed by atoms with Crippen molar-refractivity contribution in [3.05, 3.63) is 30.4 Å². The molecule has 2 aromatic rings. The summed E-state index contributed by atoms with van der Waals surface area (Å²) in [6, 6.07) is 3.59. The summed E-state index contributed by atoms with van der Waals surface area (Å²) in [5.41, 5.74) is -0.303. The first-order chi connectivity index (χ1) is 11.5. The first-order valence-electron chi connectivity index (χ1n) is 7.61. The fourth-order valence-electron chi connectivity index (χ4n) is 2.07. The van der Waals surface area contributed by atoms with Crippen molar-refractivity contribution in [2.24, 2.45) is 0 Å². The molecule has 2 heterocycles. The first kappa shape index (κ1) is 17.6. The Morgan fingerprint density at radius 3 is 2.83 bits per heavy atom. The van der Waals surface area contributed by atoms with E-state index in [4.69, 9.17) is 9.26 Å². The Morgan fingerprint density at radius 2 is 2.21 bits per heavy atom. The highest BCUT2D eigenvalue weighted by Gasteiger charge is 2.33. The Hall–Kier alpha value is -2.77. The summed E-state index contributed by atoms with van der Waals surface area (Å²) in [4.78, 5) is 32.0. The predicted octanol–water partition coefficient (Wildman–Crippen LogP) is 1.52. The smallest absolute Gasteiger partial charge is 0.331 e. The second-order valence-electron chi connectivity index (χ2n) is 5.48. The Bertz CT molecular complexity index is 701. The van der Waals surface area contributed by atoms with E-state index in [1.165, 1.54) is 7.11 Å². The molecule has 0 aromatic carbocycles. The van der Waals surface area contributed by atoms with E-state index in [1.54, 1.807) is 32.3 Å². The van der Waals surface area contributed by atoms with E-state index in [0.29, 0.717) is 18.1 Å². The molecule has 1 N–H and O–H groups in total. The number of carbonyl (C=O) groups excluding carboxylic acids is 2. The van der Waals surface area contributed by atoms with Crippen LogP contribution in [0, 0.1) is 0 Å². The number of rotatable bonds is 7. The molecule has 2 rings (SSSR count). The lowest BCUT2D eigenvalue weighted by molar-refractivity contribution is -0.150. The molecular weight excluding hydrogens is 312 g/mol. The zero-order valence-corrected chi connectivity index (χ0v) is 13.9. The molecule has 0 saturated carbocycles. The highest BCUT2D eigenvalue weighted by atomic mass is 16.5. The third kappa shape index (κ3) is 4.15. The molecule has 0 bridgehead atoms. The second kappa shape index (κ2) is 7.67. The Kier molecular flexibility index (Phi) is 5.62. The largest absolute Gasteiger partial charge is 0.467 e. The van der Waals surface area contributed by atoms with Crippen LogP contribution in [-0.2, 0) is 20.7 Å². The van der Waals surface area contributed by atoms with Crippen LogP contribution in [0.3, 0.4) is 0 Å². The van der Waals surface area contributed by atoms with E-state index in [1.807, 2.05) is 6.07 Å². The second-order valence-corrected chi connectivity index (χ2v) is 5.48. The monoisotopic (exact) mass is 332 g/mol. The molecule has 8 nitrogen and oxygen atoms in total. The minimum atomic E-state index is -1.04. The topological polar surface area (TPSA) is 107 Å². The van der Waals surface area contributed by atoms with Gasteiger partial charge in [0.1, 0.15) is 5.54 Å². The molecule has 24 heavy (non-hydrogen) atoms. The molecule has 0 saturated heterocycles. The van der Waals surface area contributed by atoms with Gasteiger partial charge in [-0.25, -0.2) is 4.79 Å². The van der Waals surface area contributed by atoms with Gasteiger partial charge in [-0.2, -0.15) is 4.98 Å². The van der Waals surface area contributed by atoms with Gasteiger partial charge in [0, 0.05) is 30.8 Å². The maximum atomic E-state index is 12.1. The van der Waals surface area contributed by atoms with Gasteiger partial charge >= 0.3 is 5.97 Å². The molecule has 0 fully saturated rings. The molecule has 128 valence electrons. The van der Waals surface area contributed by atoms with Crippen molar-refractivity contribution < 1.29 is 18.8 Å². The maximum Gasteiger partial charge on any atom is 0.331 e. The van der Waals surface area contributed by atoms with E-state index in [2.05, 4.69) is 20.4 Å². The van der Waals surface area contributed by atoms with Crippen molar-refractivity contribution >= 4 is 11.9 Å². The molecule has 0 aliphatic carbocycles. The number of hydrogen-bond donors (Lipinski definition) is 1. The van der Waals surface area contributed by atoms with Crippen LogP contribution in [0.1, 0.15) is 32.6 Å². The number of pyridine rings is 1. The van der Waals surface area contributed by atoms with Gasteiger partial charge in [0.05, 0.1) is 7.11 Å². The molecule has 0 unspecified atom stereocenters. The first-order valence-corrected chi connectivity index (χ1v) is 7.61. The SMILES string of the molecule is CC[C@](C)(NC(=O)CCc1nc(-c2cccnc2)no1)C(=O)OC. The summed E-state index contributed by atoms with van der Waals surface area (Å²) in [6.45, 7) is 3.43. The molecule has 0 radical (unpaired) electrons. The molecule has 0 aliphatic rings. The van der Waals surface area contributed by atoms with Crippen LogP contribution in [0.15, 0.2) is 29.0 Å². The number of nitrogens with one attached hydrogen (secondary N) is 1.